The minimum Gasteiger partial charge on any atom is -0.480 e. The first kappa shape index (κ1) is 20.9. The number of amides is 1. The molecule has 0 spiro atoms. The number of fused-ring (bicyclic) bond motifs is 1. The van der Waals surface area contributed by atoms with Crippen LogP contribution in [0.2, 0.25) is 0 Å². The second kappa shape index (κ2) is 8.03. The predicted molar refractivity (Wildman–Crippen MR) is 116 cm³/mol. The first-order valence-electron chi connectivity index (χ1n) is 9.80. The number of aromatic amines is 1. The van der Waals surface area contributed by atoms with Crippen molar-refractivity contribution in [2.75, 3.05) is 17.1 Å². The van der Waals surface area contributed by atoms with Gasteiger partial charge in [-0.15, -0.1) is 0 Å². The Balaban J connectivity index is 1.65. The van der Waals surface area contributed by atoms with Crippen molar-refractivity contribution >= 4 is 27.3 Å². The summed E-state index contributed by atoms with van der Waals surface area (Å²) >= 11 is 0. The number of nitrogens with zero attached hydrogens (tertiary/aromatic N) is 2. The molecule has 3 N–H and O–H groups in total. The van der Waals surface area contributed by atoms with Crippen LogP contribution in [0.4, 0.5) is 11.4 Å². The number of sulfonamides is 1. The maximum atomic E-state index is 13.1. The van der Waals surface area contributed by atoms with E-state index in [2.05, 4.69) is 25.2 Å². The third-order valence-electron chi connectivity index (χ3n) is 5.30. The molecule has 1 aliphatic carbocycles. The Morgan fingerprint density at radius 1 is 1.19 bits per heavy atom. The maximum Gasteiger partial charge on any atom is 0.276 e. The van der Waals surface area contributed by atoms with Gasteiger partial charge in [-0.1, -0.05) is 18.2 Å². The van der Waals surface area contributed by atoms with Gasteiger partial charge in [-0.25, -0.2) is 13.4 Å². The molecule has 0 bridgehead atoms. The lowest BCUT2D eigenvalue weighted by Gasteiger charge is -2.15. The lowest BCUT2D eigenvalue weighted by molar-refractivity contribution is 0.102. The van der Waals surface area contributed by atoms with Crippen LogP contribution in [0, 0.1) is 13.8 Å². The number of carbonyl (C=O) groups excluding carboxylic acids is 1. The predicted octanol–water partition coefficient (Wildman–Crippen LogP) is 2.97. The van der Waals surface area contributed by atoms with Crippen LogP contribution in [0.5, 0.6) is 5.88 Å². The zero-order valence-electron chi connectivity index (χ0n) is 17.4. The van der Waals surface area contributed by atoms with Crippen molar-refractivity contribution in [2.24, 2.45) is 0 Å². The summed E-state index contributed by atoms with van der Waals surface area (Å²) in [5, 5.41) is 9.69. The van der Waals surface area contributed by atoms with Gasteiger partial charge in [0, 0.05) is 11.3 Å². The number of aryl methyl sites for hydroxylation is 3. The molecule has 0 saturated carbocycles. The third-order valence-corrected chi connectivity index (χ3v) is 6.64. The summed E-state index contributed by atoms with van der Waals surface area (Å²) in [6, 6.07) is 6.82. The molecule has 0 unspecified atom stereocenters. The monoisotopic (exact) mass is 441 g/mol. The highest BCUT2D eigenvalue weighted by Crippen LogP contribution is 2.29. The number of benzene rings is 1. The van der Waals surface area contributed by atoms with Gasteiger partial charge in [0.25, 0.3) is 15.9 Å². The van der Waals surface area contributed by atoms with Crippen LogP contribution < -0.4 is 14.8 Å². The van der Waals surface area contributed by atoms with E-state index >= 15 is 0 Å². The topological polar surface area (TPSA) is 126 Å². The van der Waals surface area contributed by atoms with Gasteiger partial charge in [-0.05, 0) is 50.3 Å². The summed E-state index contributed by atoms with van der Waals surface area (Å²) in [4.78, 5) is 16.6. The highest BCUT2D eigenvalue weighted by atomic mass is 32.2. The van der Waals surface area contributed by atoms with Crippen LogP contribution in [0.1, 0.15) is 39.3 Å². The molecule has 0 atom stereocenters. The molecule has 1 aromatic carbocycles. The Hall–Kier alpha value is -3.40. The summed E-state index contributed by atoms with van der Waals surface area (Å²) in [7, 11) is -2.69. The molecule has 31 heavy (non-hydrogen) atoms. The second-order valence-corrected chi connectivity index (χ2v) is 9.09. The van der Waals surface area contributed by atoms with Crippen molar-refractivity contribution in [3.8, 4) is 5.88 Å². The minimum atomic E-state index is -4.03. The largest absolute Gasteiger partial charge is 0.480 e. The first-order chi connectivity index (χ1) is 14.8. The normalized spacial score (nSPS) is 13.0. The molecule has 4 rings (SSSR count). The van der Waals surface area contributed by atoms with Crippen LogP contribution in [-0.4, -0.2) is 36.6 Å². The molecule has 0 fully saturated rings. The molecule has 9 nitrogen and oxygen atoms in total. The average Bonchev–Trinajstić information content (AvgIpc) is 3.34. The lowest BCUT2D eigenvalue weighted by atomic mass is 10.1. The smallest absolute Gasteiger partial charge is 0.276 e. The number of pyridine rings is 1. The molecule has 162 valence electrons. The number of rotatable bonds is 6. The van der Waals surface area contributed by atoms with E-state index in [4.69, 9.17) is 4.74 Å². The van der Waals surface area contributed by atoms with Crippen molar-refractivity contribution in [1.29, 1.82) is 0 Å². The number of carbonyl (C=O) groups is 1. The van der Waals surface area contributed by atoms with Gasteiger partial charge in [0.05, 0.1) is 24.7 Å². The molecule has 0 radical (unpaired) electrons. The van der Waals surface area contributed by atoms with Crippen molar-refractivity contribution in [1.82, 2.24) is 15.2 Å². The van der Waals surface area contributed by atoms with Gasteiger partial charge in [0.1, 0.15) is 0 Å². The summed E-state index contributed by atoms with van der Waals surface area (Å²) in [6.45, 7) is 3.64. The van der Waals surface area contributed by atoms with E-state index in [0.717, 1.165) is 41.6 Å². The van der Waals surface area contributed by atoms with E-state index in [9.17, 15) is 13.2 Å². The molecule has 0 saturated heterocycles. The molecular weight excluding hydrogens is 418 g/mol. The van der Waals surface area contributed by atoms with Crippen molar-refractivity contribution in [3.63, 3.8) is 0 Å². The zero-order valence-corrected chi connectivity index (χ0v) is 18.3. The Bertz CT molecular complexity index is 1250. The standard InChI is InChI=1S/C21H23N5O4S/c1-12-6-4-7-13(2)18(12)26-31(28,29)17-10-14(11-22-21(17)30-3)23-20(27)19-15-8-5-9-16(15)24-25-19/h4,6-7,10-11,26H,5,8-9H2,1-3H3,(H,23,27)(H,24,25). The molecule has 1 amide bonds. The maximum absolute atomic E-state index is 13.1. The lowest BCUT2D eigenvalue weighted by Crippen LogP contribution is -2.18. The number of nitrogens with one attached hydrogen (secondary N) is 3. The molecule has 1 aliphatic rings. The van der Waals surface area contributed by atoms with E-state index in [-0.39, 0.29) is 16.5 Å². The third kappa shape index (κ3) is 3.98. The van der Waals surface area contributed by atoms with Crippen LogP contribution in [0.3, 0.4) is 0 Å². The summed E-state index contributed by atoms with van der Waals surface area (Å²) < 4.78 is 34.1. The number of hydrogen-bond donors (Lipinski definition) is 3. The van der Waals surface area contributed by atoms with E-state index in [1.165, 1.54) is 19.4 Å². The van der Waals surface area contributed by atoms with E-state index in [1.807, 2.05) is 32.0 Å². The van der Waals surface area contributed by atoms with Crippen molar-refractivity contribution in [2.45, 2.75) is 38.0 Å². The first-order valence-corrected chi connectivity index (χ1v) is 11.3. The van der Waals surface area contributed by atoms with Gasteiger partial charge >= 0.3 is 0 Å². The van der Waals surface area contributed by atoms with Crippen LogP contribution >= 0.6 is 0 Å². The molecule has 0 aliphatic heterocycles. The Labute approximate surface area is 180 Å². The quantitative estimate of drug-likeness (QED) is 0.540. The van der Waals surface area contributed by atoms with Crippen LogP contribution in [0.25, 0.3) is 0 Å². The fourth-order valence-corrected chi connectivity index (χ4v) is 5.06. The zero-order chi connectivity index (χ0) is 22.2. The Kier molecular flexibility index (Phi) is 5.40. The number of para-hydroxylation sites is 1. The van der Waals surface area contributed by atoms with Gasteiger partial charge in [-0.2, -0.15) is 5.10 Å². The number of aromatic nitrogens is 3. The molecule has 2 aromatic heterocycles. The van der Waals surface area contributed by atoms with Gasteiger partial charge in [0.2, 0.25) is 5.88 Å². The van der Waals surface area contributed by atoms with Crippen molar-refractivity contribution < 1.29 is 17.9 Å². The summed E-state index contributed by atoms with van der Waals surface area (Å²) in [5.41, 5.74) is 4.48. The van der Waals surface area contributed by atoms with Crippen LogP contribution in [-0.2, 0) is 22.9 Å². The minimum absolute atomic E-state index is 0.0719. The van der Waals surface area contributed by atoms with Crippen LogP contribution in [0.15, 0.2) is 35.4 Å². The molecule has 2 heterocycles. The SMILES string of the molecule is COc1ncc(NC(=O)c2n[nH]c3c2CCC3)cc1S(=O)(=O)Nc1c(C)cccc1C. The number of ether oxygens (including phenoxy) is 1. The fourth-order valence-electron chi connectivity index (χ4n) is 3.71. The number of hydrogen-bond acceptors (Lipinski definition) is 6. The van der Waals surface area contributed by atoms with Crippen molar-refractivity contribution in [3.05, 3.63) is 58.5 Å². The molecular formula is C21H23N5O4S. The Morgan fingerprint density at radius 3 is 2.65 bits per heavy atom. The van der Waals surface area contributed by atoms with E-state index < -0.39 is 15.9 Å². The average molecular weight is 442 g/mol. The Morgan fingerprint density at radius 2 is 1.94 bits per heavy atom. The number of anilines is 2. The summed E-state index contributed by atoms with van der Waals surface area (Å²) in [5.74, 6) is -0.491. The van der Waals surface area contributed by atoms with Gasteiger partial charge in [0.15, 0.2) is 10.6 Å². The van der Waals surface area contributed by atoms with Gasteiger partial charge in [-0.3, -0.25) is 14.6 Å². The van der Waals surface area contributed by atoms with Gasteiger partial charge < -0.3 is 10.1 Å². The van der Waals surface area contributed by atoms with E-state index in [0.29, 0.717) is 11.4 Å². The highest BCUT2D eigenvalue weighted by molar-refractivity contribution is 7.92. The molecule has 10 heteroatoms. The second-order valence-electron chi connectivity index (χ2n) is 7.44. The highest BCUT2D eigenvalue weighted by Gasteiger charge is 2.26. The molecule has 3 aromatic rings. The van der Waals surface area contributed by atoms with E-state index in [1.54, 1.807) is 0 Å². The fraction of sp³-hybridized carbons (Fsp3) is 0.286. The number of H-pyrrole nitrogens is 1. The number of methoxy groups -OCH3 is 1. The summed E-state index contributed by atoms with van der Waals surface area (Å²) in [6.07, 6.45) is 3.98.